The van der Waals surface area contributed by atoms with Gasteiger partial charge in [0.15, 0.2) is 0 Å². The van der Waals surface area contributed by atoms with Gasteiger partial charge in [-0.3, -0.25) is 4.79 Å². The van der Waals surface area contributed by atoms with Gasteiger partial charge >= 0.3 is 0 Å². The highest BCUT2D eigenvalue weighted by atomic mass is 79.9. The van der Waals surface area contributed by atoms with Crippen LogP contribution in [0.4, 0.5) is 8.78 Å². The lowest BCUT2D eigenvalue weighted by molar-refractivity contribution is 0.148. The van der Waals surface area contributed by atoms with Gasteiger partial charge in [0.25, 0.3) is 6.43 Å². The summed E-state index contributed by atoms with van der Waals surface area (Å²) in [6.07, 6.45) is -1.51. The minimum absolute atomic E-state index is 0.0601. The molecule has 0 atom stereocenters. The Hall–Kier alpha value is -0.420. The van der Waals surface area contributed by atoms with Crippen LogP contribution in [0.2, 0.25) is 0 Å². The SMILES string of the molecule is O=c1c(Br)c[nH]c(CCl)c1C(F)F. The van der Waals surface area contributed by atoms with Gasteiger partial charge in [0.2, 0.25) is 5.43 Å². The zero-order valence-corrected chi connectivity index (χ0v) is 8.62. The van der Waals surface area contributed by atoms with Crippen LogP contribution in [0.25, 0.3) is 0 Å². The lowest BCUT2D eigenvalue weighted by Crippen LogP contribution is -2.14. The van der Waals surface area contributed by atoms with E-state index in [2.05, 4.69) is 20.9 Å². The number of alkyl halides is 3. The van der Waals surface area contributed by atoms with E-state index in [1.54, 1.807) is 0 Å². The molecular formula is C7H5BrClF2NO. The number of rotatable bonds is 2. The molecule has 0 aromatic carbocycles. The average molecular weight is 272 g/mol. The summed E-state index contributed by atoms with van der Waals surface area (Å²) in [5.74, 6) is -0.137. The van der Waals surface area contributed by atoms with Crippen molar-refractivity contribution >= 4 is 27.5 Å². The number of pyridine rings is 1. The van der Waals surface area contributed by atoms with E-state index in [4.69, 9.17) is 11.6 Å². The van der Waals surface area contributed by atoms with Crippen molar-refractivity contribution in [2.45, 2.75) is 12.3 Å². The van der Waals surface area contributed by atoms with E-state index in [1.165, 1.54) is 6.20 Å². The van der Waals surface area contributed by atoms with Crippen LogP contribution >= 0.6 is 27.5 Å². The lowest BCUT2D eigenvalue weighted by Gasteiger charge is -2.05. The van der Waals surface area contributed by atoms with E-state index in [9.17, 15) is 13.6 Å². The van der Waals surface area contributed by atoms with Gasteiger partial charge in [0.05, 0.1) is 15.9 Å². The number of nitrogens with one attached hydrogen (secondary N) is 1. The smallest absolute Gasteiger partial charge is 0.269 e. The summed E-state index contributed by atoms with van der Waals surface area (Å²) in [4.78, 5) is 13.7. The fourth-order valence-electron chi connectivity index (χ4n) is 0.901. The normalized spacial score (nSPS) is 10.8. The summed E-state index contributed by atoms with van der Waals surface area (Å²) in [5.41, 5.74) is -1.22. The molecule has 0 spiro atoms. The molecule has 13 heavy (non-hydrogen) atoms. The number of halogens is 4. The van der Waals surface area contributed by atoms with E-state index in [0.29, 0.717) is 0 Å². The minimum Gasteiger partial charge on any atom is -0.362 e. The molecule has 1 heterocycles. The molecule has 1 rings (SSSR count). The molecule has 72 valence electrons. The minimum atomic E-state index is -2.81. The second-order valence-corrected chi connectivity index (χ2v) is 3.41. The first-order chi connectivity index (χ1) is 6.07. The van der Waals surface area contributed by atoms with Crippen molar-refractivity contribution in [3.05, 3.63) is 32.2 Å². The van der Waals surface area contributed by atoms with Gasteiger partial charge in [-0.05, 0) is 15.9 Å². The standard InChI is InChI=1S/C7H5BrClF2NO/c8-3-2-12-4(1-9)5(6(3)13)7(10)11/h2,7H,1H2,(H,12,13). The number of aromatic amines is 1. The summed E-state index contributed by atoms with van der Waals surface area (Å²) >= 11 is 8.24. The van der Waals surface area contributed by atoms with Crippen LogP contribution in [-0.4, -0.2) is 4.98 Å². The predicted molar refractivity (Wildman–Crippen MR) is 49.3 cm³/mol. The zero-order chi connectivity index (χ0) is 10.0. The van der Waals surface area contributed by atoms with Gasteiger partial charge in [-0.25, -0.2) is 8.78 Å². The molecule has 1 aromatic rings. The molecule has 0 saturated carbocycles. The van der Waals surface area contributed by atoms with E-state index in [-0.39, 0.29) is 16.0 Å². The molecule has 0 aliphatic carbocycles. The molecule has 0 unspecified atom stereocenters. The summed E-state index contributed by atoms with van der Waals surface area (Å²) in [6, 6.07) is 0. The van der Waals surface area contributed by atoms with Crippen LogP contribution in [-0.2, 0) is 5.88 Å². The molecule has 0 radical (unpaired) electrons. The van der Waals surface area contributed by atoms with Crippen molar-refractivity contribution in [2.24, 2.45) is 0 Å². The molecule has 0 amide bonds. The Labute approximate surface area is 86.0 Å². The largest absolute Gasteiger partial charge is 0.362 e. The third-order valence-electron chi connectivity index (χ3n) is 1.51. The fourth-order valence-corrected chi connectivity index (χ4v) is 1.45. The van der Waals surface area contributed by atoms with E-state index < -0.39 is 17.4 Å². The Morgan fingerprint density at radius 2 is 2.23 bits per heavy atom. The third-order valence-corrected chi connectivity index (χ3v) is 2.37. The molecule has 6 heteroatoms. The van der Waals surface area contributed by atoms with Gasteiger partial charge in [0, 0.05) is 11.9 Å². The van der Waals surface area contributed by atoms with Crippen molar-refractivity contribution in [1.82, 2.24) is 4.98 Å². The van der Waals surface area contributed by atoms with Crippen molar-refractivity contribution < 1.29 is 8.78 Å². The highest BCUT2D eigenvalue weighted by Crippen LogP contribution is 2.20. The molecule has 1 aromatic heterocycles. The van der Waals surface area contributed by atoms with Gasteiger partial charge in [0.1, 0.15) is 0 Å². The summed E-state index contributed by atoms with van der Waals surface area (Å²) in [6.45, 7) is 0. The predicted octanol–water partition coefficient (Wildman–Crippen LogP) is 2.81. The highest BCUT2D eigenvalue weighted by Gasteiger charge is 2.18. The quantitative estimate of drug-likeness (QED) is 0.825. The van der Waals surface area contributed by atoms with E-state index in [0.717, 1.165) is 0 Å². The first-order valence-corrected chi connectivity index (χ1v) is 4.64. The Balaban J connectivity index is 3.42. The Kier molecular flexibility index (Phi) is 3.44. The molecule has 0 aliphatic rings. The van der Waals surface area contributed by atoms with Crippen LogP contribution < -0.4 is 5.43 Å². The maximum Gasteiger partial charge on any atom is 0.269 e. The lowest BCUT2D eigenvalue weighted by atomic mass is 10.2. The van der Waals surface area contributed by atoms with Crippen molar-refractivity contribution in [1.29, 1.82) is 0 Å². The number of aromatic nitrogens is 1. The molecule has 0 fully saturated rings. The first kappa shape index (κ1) is 10.7. The van der Waals surface area contributed by atoms with Crippen LogP contribution in [0, 0.1) is 0 Å². The van der Waals surface area contributed by atoms with E-state index >= 15 is 0 Å². The molecule has 2 nitrogen and oxygen atoms in total. The average Bonchev–Trinajstić information content (AvgIpc) is 2.08. The fraction of sp³-hybridized carbons (Fsp3) is 0.286. The number of H-pyrrole nitrogens is 1. The van der Waals surface area contributed by atoms with E-state index in [1.807, 2.05) is 0 Å². The van der Waals surface area contributed by atoms with Crippen molar-refractivity contribution in [3.8, 4) is 0 Å². The van der Waals surface area contributed by atoms with Crippen LogP contribution in [0.5, 0.6) is 0 Å². The van der Waals surface area contributed by atoms with Crippen LogP contribution in [0.3, 0.4) is 0 Å². The third kappa shape index (κ3) is 2.08. The monoisotopic (exact) mass is 271 g/mol. The molecular weight excluding hydrogens is 267 g/mol. The maximum absolute atomic E-state index is 12.4. The topological polar surface area (TPSA) is 32.9 Å². The van der Waals surface area contributed by atoms with Crippen molar-refractivity contribution in [3.63, 3.8) is 0 Å². The maximum atomic E-state index is 12.4. The van der Waals surface area contributed by atoms with Crippen LogP contribution in [0.15, 0.2) is 15.5 Å². The number of hydrogen-bond donors (Lipinski definition) is 1. The first-order valence-electron chi connectivity index (χ1n) is 3.32. The zero-order valence-electron chi connectivity index (χ0n) is 6.28. The molecule has 0 aliphatic heterocycles. The van der Waals surface area contributed by atoms with Gasteiger partial charge < -0.3 is 4.98 Å². The summed E-state index contributed by atoms with van der Waals surface area (Å²) in [7, 11) is 0. The number of hydrogen-bond acceptors (Lipinski definition) is 1. The Morgan fingerprint density at radius 1 is 1.62 bits per heavy atom. The second kappa shape index (κ2) is 4.19. The Morgan fingerprint density at radius 3 is 2.69 bits per heavy atom. The molecule has 0 bridgehead atoms. The highest BCUT2D eigenvalue weighted by molar-refractivity contribution is 9.10. The Bertz CT molecular complexity index is 366. The second-order valence-electron chi connectivity index (χ2n) is 2.29. The molecule has 1 N–H and O–H groups in total. The summed E-state index contributed by atoms with van der Waals surface area (Å²) in [5, 5.41) is 0. The molecule has 0 saturated heterocycles. The van der Waals surface area contributed by atoms with Crippen LogP contribution in [0.1, 0.15) is 17.7 Å². The van der Waals surface area contributed by atoms with Crippen molar-refractivity contribution in [2.75, 3.05) is 0 Å². The van der Waals surface area contributed by atoms with Gasteiger partial charge in [-0.1, -0.05) is 0 Å². The van der Waals surface area contributed by atoms with Gasteiger partial charge in [-0.2, -0.15) is 0 Å². The van der Waals surface area contributed by atoms with Gasteiger partial charge in [-0.15, -0.1) is 11.6 Å². The summed E-state index contributed by atoms with van der Waals surface area (Å²) < 4.78 is 24.8.